The van der Waals surface area contributed by atoms with Gasteiger partial charge in [-0.1, -0.05) is 0 Å². The Bertz CT molecular complexity index is 313. The normalized spacial score (nSPS) is 26.2. The summed E-state index contributed by atoms with van der Waals surface area (Å²) < 4.78 is 0. The minimum absolute atomic E-state index is 0.0430. The topological polar surface area (TPSA) is 61.4 Å². The fourth-order valence-corrected chi connectivity index (χ4v) is 2.71. The number of carbonyl (C=O) groups excluding carboxylic acids is 2. The lowest BCUT2D eigenvalue weighted by atomic mass is 9.98. The van der Waals surface area contributed by atoms with Crippen molar-refractivity contribution in [2.75, 3.05) is 26.2 Å². The first-order valence-electron chi connectivity index (χ1n) is 6.95. The monoisotopic (exact) mass is 253 g/mol. The molecule has 2 N–H and O–H groups in total. The molecule has 0 bridgehead atoms. The molecule has 5 nitrogen and oxygen atoms in total. The lowest BCUT2D eigenvalue weighted by molar-refractivity contribution is -0.130. The molecule has 2 saturated heterocycles. The Balaban J connectivity index is 1.74. The van der Waals surface area contributed by atoms with Gasteiger partial charge in [0.05, 0.1) is 5.92 Å². The molecule has 2 aliphatic heterocycles. The fraction of sp³-hybridized carbons (Fsp3) is 0.846. The zero-order chi connectivity index (χ0) is 13.0. The van der Waals surface area contributed by atoms with Gasteiger partial charge in [-0.25, -0.2) is 0 Å². The molecule has 2 rings (SSSR count). The van der Waals surface area contributed by atoms with Gasteiger partial charge in [0.1, 0.15) is 0 Å². The predicted octanol–water partition coefficient (Wildman–Crippen LogP) is 0.113. The van der Waals surface area contributed by atoms with E-state index in [-0.39, 0.29) is 23.8 Å². The van der Waals surface area contributed by atoms with E-state index in [0.29, 0.717) is 13.0 Å². The van der Waals surface area contributed by atoms with Gasteiger partial charge in [0, 0.05) is 32.1 Å². The van der Waals surface area contributed by atoms with Crippen LogP contribution in [0.15, 0.2) is 0 Å². The van der Waals surface area contributed by atoms with Crippen LogP contribution in [0.3, 0.4) is 0 Å². The molecule has 2 atom stereocenters. The lowest BCUT2D eigenvalue weighted by Crippen LogP contribution is -2.47. The van der Waals surface area contributed by atoms with E-state index >= 15 is 0 Å². The van der Waals surface area contributed by atoms with Gasteiger partial charge in [-0.15, -0.1) is 0 Å². The maximum absolute atomic E-state index is 12.0. The molecule has 0 aliphatic carbocycles. The molecule has 0 saturated carbocycles. The summed E-state index contributed by atoms with van der Waals surface area (Å²) in [5.41, 5.74) is 0. The van der Waals surface area contributed by atoms with E-state index < -0.39 is 0 Å². The summed E-state index contributed by atoms with van der Waals surface area (Å²) in [5, 5.41) is 6.27. The fourth-order valence-electron chi connectivity index (χ4n) is 2.71. The van der Waals surface area contributed by atoms with Crippen LogP contribution in [0.5, 0.6) is 0 Å². The maximum Gasteiger partial charge on any atom is 0.224 e. The highest BCUT2D eigenvalue weighted by atomic mass is 16.2. The molecule has 2 amide bonds. The molecular formula is C13H23N3O2. The van der Waals surface area contributed by atoms with Crippen LogP contribution in [0.25, 0.3) is 0 Å². The van der Waals surface area contributed by atoms with Crippen molar-refractivity contribution in [2.24, 2.45) is 5.92 Å². The quantitative estimate of drug-likeness (QED) is 0.748. The van der Waals surface area contributed by atoms with Crippen molar-refractivity contribution < 1.29 is 9.59 Å². The van der Waals surface area contributed by atoms with Crippen LogP contribution in [0.1, 0.15) is 32.6 Å². The smallest absolute Gasteiger partial charge is 0.224 e. The number of piperidine rings is 1. The molecule has 2 fully saturated rings. The zero-order valence-corrected chi connectivity index (χ0v) is 11.1. The minimum Gasteiger partial charge on any atom is -0.352 e. The molecule has 0 aromatic rings. The summed E-state index contributed by atoms with van der Waals surface area (Å²) in [6, 6.07) is 0.0430. The number of hydrogen-bond acceptors (Lipinski definition) is 3. The van der Waals surface area contributed by atoms with E-state index in [4.69, 9.17) is 0 Å². The predicted molar refractivity (Wildman–Crippen MR) is 69.0 cm³/mol. The Morgan fingerprint density at radius 1 is 1.56 bits per heavy atom. The van der Waals surface area contributed by atoms with Crippen molar-refractivity contribution in [1.29, 1.82) is 0 Å². The Morgan fingerprint density at radius 3 is 3.00 bits per heavy atom. The summed E-state index contributed by atoms with van der Waals surface area (Å²) in [5.74, 6) is 0.437. The third kappa shape index (κ3) is 3.45. The number of likely N-dealkylation sites (tertiary alicyclic amines) is 1. The second-order valence-electron chi connectivity index (χ2n) is 5.40. The molecule has 5 heteroatoms. The van der Waals surface area contributed by atoms with Crippen LogP contribution in [-0.4, -0.2) is 48.9 Å². The van der Waals surface area contributed by atoms with Crippen molar-refractivity contribution in [1.82, 2.24) is 15.5 Å². The summed E-state index contributed by atoms with van der Waals surface area (Å²) in [6.07, 6.45) is 3.64. The van der Waals surface area contributed by atoms with E-state index in [2.05, 4.69) is 10.6 Å². The number of nitrogens with zero attached hydrogens (tertiary/aromatic N) is 1. The molecule has 0 aromatic carbocycles. The average Bonchev–Trinajstić information content (AvgIpc) is 2.76. The first-order valence-corrected chi connectivity index (χ1v) is 6.95. The second kappa shape index (κ2) is 6.18. The van der Waals surface area contributed by atoms with Gasteiger partial charge < -0.3 is 15.5 Å². The molecular weight excluding hydrogens is 230 g/mol. The number of amides is 2. The Morgan fingerprint density at radius 2 is 2.39 bits per heavy atom. The number of rotatable bonds is 4. The summed E-state index contributed by atoms with van der Waals surface area (Å²) in [4.78, 5) is 25.4. The molecule has 2 heterocycles. The van der Waals surface area contributed by atoms with Crippen LogP contribution in [-0.2, 0) is 9.59 Å². The van der Waals surface area contributed by atoms with Gasteiger partial charge in [-0.3, -0.25) is 9.59 Å². The van der Waals surface area contributed by atoms with Crippen molar-refractivity contribution in [3.8, 4) is 0 Å². The van der Waals surface area contributed by atoms with E-state index in [1.54, 1.807) is 0 Å². The highest BCUT2D eigenvalue weighted by molar-refractivity contribution is 5.80. The van der Waals surface area contributed by atoms with Crippen molar-refractivity contribution >= 4 is 11.8 Å². The van der Waals surface area contributed by atoms with Crippen molar-refractivity contribution in [2.45, 2.75) is 38.6 Å². The van der Waals surface area contributed by atoms with Crippen LogP contribution >= 0.6 is 0 Å². The van der Waals surface area contributed by atoms with E-state index in [1.807, 2.05) is 11.8 Å². The van der Waals surface area contributed by atoms with Crippen LogP contribution in [0.4, 0.5) is 0 Å². The third-order valence-electron chi connectivity index (χ3n) is 3.72. The van der Waals surface area contributed by atoms with Gasteiger partial charge >= 0.3 is 0 Å². The third-order valence-corrected chi connectivity index (χ3v) is 3.72. The zero-order valence-electron chi connectivity index (χ0n) is 11.1. The second-order valence-corrected chi connectivity index (χ2v) is 5.40. The summed E-state index contributed by atoms with van der Waals surface area (Å²) in [7, 11) is 0. The van der Waals surface area contributed by atoms with Gasteiger partial charge in [-0.05, 0) is 32.7 Å². The highest BCUT2D eigenvalue weighted by Gasteiger charge is 2.25. The van der Waals surface area contributed by atoms with Gasteiger partial charge in [0.25, 0.3) is 0 Å². The van der Waals surface area contributed by atoms with Crippen molar-refractivity contribution in [3.05, 3.63) is 0 Å². The van der Waals surface area contributed by atoms with Crippen molar-refractivity contribution in [3.63, 3.8) is 0 Å². The van der Waals surface area contributed by atoms with E-state index in [0.717, 1.165) is 38.9 Å². The Labute approximate surface area is 108 Å². The molecule has 2 aliphatic rings. The number of carbonyl (C=O) groups is 2. The first-order chi connectivity index (χ1) is 8.66. The van der Waals surface area contributed by atoms with E-state index in [1.165, 1.54) is 0 Å². The number of nitrogens with one attached hydrogen (secondary N) is 2. The molecule has 0 spiro atoms. The SMILES string of the molecule is CC(CN1CCCC1=O)NC(=O)[C@H]1CCCNC1. The Hall–Kier alpha value is -1.10. The minimum atomic E-state index is 0.0430. The van der Waals surface area contributed by atoms with E-state index in [9.17, 15) is 9.59 Å². The lowest BCUT2D eigenvalue weighted by Gasteiger charge is -2.26. The molecule has 18 heavy (non-hydrogen) atoms. The highest BCUT2D eigenvalue weighted by Crippen LogP contribution is 2.12. The molecule has 1 unspecified atom stereocenters. The average molecular weight is 253 g/mol. The maximum atomic E-state index is 12.0. The van der Waals surface area contributed by atoms with Gasteiger partial charge in [0.15, 0.2) is 0 Å². The molecule has 102 valence electrons. The van der Waals surface area contributed by atoms with Gasteiger partial charge in [-0.2, -0.15) is 0 Å². The molecule has 0 radical (unpaired) electrons. The first kappa shape index (κ1) is 13.3. The van der Waals surface area contributed by atoms with Gasteiger partial charge in [0.2, 0.25) is 11.8 Å². The van der Waals surface area contributed by atoms with Crippen LogP contribution in [0, 0.1) is 5.92 Å². The largest absolute Gasteiger partial charge is 0.352 e. The van der Waals surface area contributed by atoms with Crippen LogP contribution in [0.2, 0.25) is 0 Å². The Kier molecular flexibility index (Phi) is 4.58. The summed E-state index contributed by atoms with van der Waals surface area (Å²) >= 11 is 0. The summed E-state index contributed by atoms with van der Waals surface area (Å²) in [6.45, 7) is 5.25. The number of hydrogen-bond donors (Lipinski definition) is 2. The standard InChI is InChI=1S/C13H23N3O2/c1-10(9-16-7-3-5-12(16)17)15-13(18)11-4-2-6-14-8-11/h10-11,14H,2-9H2,1H3,(H,15,18)/t10?,11-/m0/s1. The molecule has 0 aromatic heterocycles. The van der Waals surface area contributed by atoms with Crippen LogP contribution < -0.4 is 10.6 Å².